The van der Waals surface area contributed by atoms with Crippen LogP contribution in [0.4, 0.5) is 0 Å². The van der Waals surface area contributed by atoms with Gasteiger partial charge in [-0.05, 0) is 90.7 Å². The van der Waals surface area contributed by atoms with Crippen molar-refractivity contribution in [3.8, 4) is 5.75 Å². The summed E-state index contributed by atoms with van der Waals surface area (Å²) in [5.74, 6) is -2.33. The first-order valence-electron chi connectivity index (χ1n) is 21.0. The lowest BCUT2D eigenvalue weighted by atomic mass is 10.1. The van der Waals surface area contributed by atoms with Crippen molar-refractivity contribution in [3.63, 3.8) is 0 Å². The molecule has 5 aromatic rings. The van der Waals surface area contributed by atoms with E-state index < -0.39 is 34.0 Å². The molecular formula is C49H62N2O12S. The number of nitrogens with two attached hydrogens (primary N) is 1. The highest BCUT2D eigenvalue weighted by Gasteiger charge is 2.10. The summed E-state index contributed by atoms with van der Waals surface area (Å²) in [6.45, 7) is 2.41. The Bertz CT molecular complexity index is 2050. The third-order valence-electron chi connectivity index (χ3n) is 9.21. The molecule has 5 aromatic carbocycles. The zero-order chi connectivity index (χ0) is 47.0. The number of aliphatic hydroxyl groups excluding tert-OH is 2. The van der Waals surface area contributed by atoms with Gasteiger partial charge in [-0.2, -0.15) is 0 Å². The van der Waals surface area contributed by atoms with Gasteiger partial charge >= 0.3 is 17.9 Å². The number of rotatable bonds is 23. The van der Waals surface area contributed by atoms with Crippen molar-refractivity contribution in [2.24, 2.45) is 5.14 Å². The monoisotopic (exact) mass is 902 g/mol. The fraction of sp³-hybridized carbons (Fsp3) is 0.327. The second-order valence-corrected chi connectivity index (χ2v) is 16.2. The predicted molar refractivity (Wildman–Crippen MR) is 245 cm³/mol. The smallest absolute Gasteiger partial charge is 0.307 e. The summed E-state index contributed by atoms with van der Waals surface area (Å²) in [5, 5.41) is 62.5. The number of aromatic hydroxyl groups is 1. The van der Waals surface area contributed by atoms with Crippen LogP contribution in [0, 0.1) is 0 Å². The fourth-order valence-corrected chi connectivity index (χ4v) is 6.51. The molecule has 15 heteroatoms. The molecule has 14 nitrogen and oxygen atoms in total. The van der Waals surface area contributed by atoms with Crippen LogP contribution in [0.5, 0.6) is 5.75 Å². The second-order valence-electron chi connectivity index (χ2n) is 14.6. The molecule has 0 bridgehead atoms. The van der Waals surface area contributed by atoms with E-state index in [9.17, 15) is 38.1 Å². The third kappa shape index (κ3) is 25.9. The number of nitrogens with one attached hydrogen (secondary N) is 1. The molecule has 64 heavy (non-hydrogen) atoms. The zero-order valence-electron chi connectivity index (χ0n) is 36.0. The van der Waals surface area contributed by atoms with Crippen LogP contribution in [0.15, 0.2) is 138 Å². The van der Waals surface area contributed by atoms with Gasteiger partial charge in [0.05, 0.1) is 36.9 Å². The molecule has 9 N–H and O–H groups in total. The molecule has 5 rings (SSSR count). The van der Waals surface area contributed by atoms with Gasteiger partial charge in [0, 0.05) is 25.3 Å². The number of sulfonamides is 1. The van der Waals surface area contributed by atoms with Gasteiger partial charge in [-0.25, -0.2) is 13.6 Å². The van der Waals surface area contributed by atoms with Gasteiger partial charge in [-0.1, -0.05) is 122 Å². The van der Waals surface area contributed by atoms with Gasteiger partial charge in [-0.3, -0.25) is 14.4 Å². The van der Waals surface area contributed by atoms with Crippen molar-refractivity contribution < 1.29 is 58.2 Å². The normalized spacial score (nSPS) is 11.0. The van der Waals surface area contributed by atoms with Crippen molar-refractivity contribution in [1.82, 2.24) is 5.32 Å². The van der Waals surface area contributed by atoms with Crippen LogP contribution in [0.2, 0.25) is 0 Å². The summed E-state index contributed by atoms with van der Waals surface area (Å²) < 4.78 is 28.5. The maximum Gasteiger partial charge on any atom is 0.307 e. The fourth-order valence-electron chi connectivity index (χ4n) is 5.93. The molecule has 0 amide bonds. The number of benzene rings is 5. The number of aryl methyl sites for hydroxylation is 1. The lowest BCUT2D eigenvalue weighted by molar-refractivity contribution is -0.137. The topological polar surface area (TPSA) is 254 Å². The quantitative estimate of drug-likeness (QED) is 0.0318. The van der Waals surface area contributed by atoms with Crippen molar-refractivity contribution in [2.75, 3.05) is 26.3 Å². The first-order valence-corrected chi connectivity index (χ1v) is 22.5. The van der Waals surface area contributed by atoms with Crippen molar-refractivity contribution in [3.05, 3.63) is 167 Å². The van der Waals surface area contributed by atoms with E-state index in [1.54, 1.807) is 60.7 Å². The molecule has 346 valence electrons. The van der Waals surface area contributed by atoms with Crippen LogP contribution in [0.3, 0.4) is 0 Å². The van der Waals surface area contributed by atoms with E-state index in [0.29, 0.717) is 24.3 Å². The molecule has 0 saturated heterocycles. The Morgan fingerprint density at radius 1 is 0.594 bits per heavy atom. The summed E-state index contributed by atoms with van der Waals surface area (Å²) in [6, 6.07) is 38.9. The Morgan fingerprint density at radius 3 is 1.53 bits per heavy atom. The van der Waals surface area contributed by atoms with Gasteiger partial charge in [0.2, 0.25) is 10.0 Å². The summed E-state index contributed by atoms with van der Waals surface area (Å²) in [7, 11) is -3.66. The number of phenols is 1. The summed E-state index contributed by atoms with van der Waals surface area (Å²) >= 11 is 0. The Labute approximate surface area is 376 Å². The molecule has 0 heterocycles. The summed E-state index contributed by atoms with van der Waals surface area (Å²) in [6.07, 6.45) is 6.49. The number of primary sulfonamides is 1. The highest BCUT2D eigenvalue weighted by molar-refractivity contribution is 7.89. The lowest BCUT2D eigenvalue weighted by Gasteiger charge is -2.14. The number of unbranched alkanes of at least 4 members (excludes halogenated alkanes) is 4. The van der Waals surface area contributed by atoms with E-state index in [2.05, 4.69) is 5.32 Å². The molecule has 0 unspecified atom stereocenters. The van der Waals surface area contributed by atoms with Crippen LogP contribution in [0.1, 0.15) is 78.0 Å². The van der Waals surface area contributed by atoms with Crippen LogP contribution in [-0.4, -0.2) is 83.3 Å². The Hall–Kier alpha value is -5.94. The summed E-state index contributed by atoms with van der Waals surface area (Å²) in [5.41, 5.74) is 4.57. The van der Waals surface area contributed by atoms with E-state index in [-0.39, 0.29) is 36.5 Å². The number of aliphatic hydroxyl groups is 2. The van der Waals surface area contributed by atoms with Crippen molar-refractivity contribution >= 4 is 27.9 Å². The highest BCUT2D eigenvalue weighted by Crippen LogP contribution is 2.22. The van der Waals surface area contributed by atoms with E-state index in [1.807, 2.05) is 60.7 Å². The minimum atomic E-state index is -3.66. The van der Waals surface area contributed by atoms with Gasteiger partial charge in [-0.15, -0.1) is 0 Å². The minimum Gasteiger partial charge on any atom is -0.508 e. The molecule has 0 fully saturated rings. The second kappa shape index (κ2) is 31.8. The van der Waals surface area contributed by atoms with E-state index in [1.165, 1.54) is 12.1 Å². The number of hydrogen-bond donors (Lipinski definition) is 8. The first-order chi connectivity index (χ1) is 30.7. The SMILES string of the molecule is NS(=O)(=O)c1cccc(CCCCOCCCCCCNC[C@H](O)c2ccc(O)c(CO)c2)c1.O=C(O)Cc1ccccc1.O=C(O)Cc1ccccc1.O=C(O)Cc1ccccc1. The van der Waals surface area contributed by atoms with Crippen LogP contribution in [-0.2, 0) is 61.4 Å². The standard InChI is InChI=1S/C25H38N2O6S.3C8H8O2/c26-34(31,32)23-10-7-9-20(16-23)8-3-6-15-33-14-5-2-1-4-13-27-18-25(30)21-11-12-24(29)22(17-21)19-28;3*9-8(10)6-7-4-2-1-3-5-7/h7,9-12,16-17,25,27-30H,1-6,8,13-15,18-19H2,(H2,26,31,32);3*1-5H,6H2,(H,9,10)/t25-;;;/m0.../s1. The predicted octanol–water partition coefficient (Wildman–Crippen LogP) is 6.70. The molecule has 0 radical (unpaired) electrons. The van der Waals surface area contributed by atoms with E-state index in [4.69, 9.17) is 25.2 Å². The molecule has 0 aliphatic heterocycles. The average molecular weight is 903 g/mol. The Kier molecular flexibility index (Phi) is 27.0. The van der Waals surface area contributed by atoms with Gasteiger partial charge < -0.3 is 40.7 Å². The molecule has 0 aromatic heterocycles. The molecule has 1 atom stereocenters. The van der Waals surface area contributed by atoms with E-state index in [0.717, 1.165) is 80.4 Å². The van der Waals surface area contributed by atoms with Crippen molar-refractivity contribution in [1.29, 1.82) is 0 Å². The zero-order valence-corrected chi connectivity index (χ0v) is 36.8. The maximum atomic E-state index is 11.4. The largest absolute Gasteiger partial charge is 0.508 e. The third-order valence-corrected chi connectivity index (χ3v) is 10.1. The number of hydrogen-bond acceptors (Lipinski definition) is 10. The molecular weight excluding hydrogens is 841 g/mol. The number of carboxylic acid groups (broad SMARTS) is 3. The van der Waals surface area contributed by atoms with Gasteiger partial charge in [0.25, 0.3) is 0 Å². The van der Waals surface area contributed by atoms with Crippen molar-refractivity contribution in [2.45, 2.75) is 81.8 Å². The van der Waals surface area contributed by atoms with Crippen LogP contribution >= 0.6 is 0 Å². The molecule has 0 spiro atoms. The van der Waals surface area contributed by atoms with Gasteiger partial charge in [0.15, 0.2) is 0 Å². The Balaban J connectivity index is 0.000000373. The average Bonchev–Trinajstić information content (AvgIpc) is 3.26. The molecule has 0 aliphatic carbocycles. The van der Waals surface area contributed by atoms with Gasteiger partial charge in [0.1, 0.15) is 5.75 Å². The highest BCUT2D eigenvalue weighted by atomic mass is 32.2. The number of carbonyl (C=O) groups is 3. The molecule has 0 saturated carbocycles. The number of carboxylic acids is 3. The summed E-state index contributed by atoms with van der Waals surface area (Å²) in [4.78, 5) is 30.7. The lowest BCUT2D eigenvalue weighted by Crippen LogP contribution is -2.22. The number of aliphatic carboxylic acids is 3. The first kappa shape index (κ1) is 54.2. The Morgan fingerprint density at radius 2 is 1.06 bits per heavy atom. The number of ether oxygens (including phenoxy) is 1. The maximum absolute atomic E-state index is 11.4. The molecule has 0 aliphatic rings. The van der Waals surface area contributed by atoms with E-state index >= 15 is 0 Å². The minimum absolute atomic E-state index is 0.0310. The van der Waals surface area contributed by atoms with Crippen LogP contribution in [0.25, 0.3) is 0 Å². The van der Waals surface area contributed by atoms with Crippen LogP contribution < -0.4 is 10.5 Å².